The fourth-order valence-corrected chi connectivity index (χ4v) is 2.33. The summed E-state index contributed by atoms with van der Waals surface area (Å²) >= 11 is 5.94. The number of halogens is 2. The van der Waals surface area contributed by atoms with Crippen molar-refractivity contribution in [3.05, 3.63) is 59.1 Å². The molecule has 3 N–H and O–H groups in total. The SMILES string of the molecule is COc1ccccc1NC(N)=NCC(C)(C)c1ccc(Cl)cc1.I. The fourth-order valence-electron chi connectivity index (χ4n) is 2.20. The van der Waals surface area contributed by atoms with Gasteiger partial charge in [0.05, 0.1) is 19.3 Å². The lowest BCUT2D eigenvalue weighted by Gasteiger charge is -2.23. The highest BCUT2D eigenvalue weighted by atomic mass is 127. The van der Waals surface area contributed by atoms with Crippen molar-refractivity contribution in [1.82, 2.24) is 0 Å². The van der Waals surface area contributed by atoms with Gasteiger partial charge in [0.15, 0.2) is 5.96 Å². The molecule has 0 saturated carbocycles. The molecule has 2 rings (SSSR count). The van der Waals surface area contributed by atoms with Crippen molar-refractivity contribution >= 4 is 47.2 Å². The molecule has 0 aliphatic carbocycles. The first-order chi connectivity index (χ1) is 10.9. The zero-order valence-corrected chi connectivity index (χ0v) is 17.1. The van der Waals surface area contributed by atoms with Crippen molar-refractivity contribution in [1.29, 1.82) is 0 Å². The Morgan fingerprint density at radius 1 is 1.17 bits per heavy atom. The van der Waals surface area contributed by atoms with Crippen LogP contribution in [0.3, 0.4) is 0 Å². The van der Waals surface area contributed by atoms with E-state index in [0.29, 0.717) is 12.5 Å². The topological polar surface area (TPSA) is 59.6 Å². The summed E-state index contributed by atoms with van der Waals surface area (Å²) in [5, 5.41) is 3.80. The second-order valence-corrected chi connectivity index (χ2v) is 6.35. The summed E-state index contributed by atoms with van der Waals surface area (Å²) in [5.41, 5.74) is 7.81. The zero-order valence-electron chi connectivity index (χ0n) is 14.0. The van der Waals surface area contributed by atoms with E-state index < -0.39 is 0 Å². The van der Waals surface area contributed by atoms with Gasteiger partial charge in [-0.3, -0.25) is 4.99 Å². The number of benzene rings is 2. The average Bonchev–Trinajstić information content (AvgIpc) is 2.54. The second-order valence-electron chi connectivity index (χ2n) is 5.92. The molecule has 6 heteroatoms. The van der Waals surface area contributed by atoms with E-state index in [1.54, 1.807) is 7.11 Å². The molecule has 0 aromatic heterocycles. The molecule has 0 bridgehead atoms. The van der Waals surface area contributed by atoms with Crippen LogP contribution >= 0.6 is 35.6 Å². The number of nitrogens with zero attached hydrogens (tertiary/aromatic N) is 1. The quantitative estimate of drug-likeness (QED) is 0.388. The van der Waals surface area contributed by atoms with Crippen LogP contribution in [0.1, 0.15) is 19.4 Å². The summed E-state index contributed by atoms with van der Waals surface area (Å²) in [6.45, 7) is 4.80. The molecule has 0 radical (unpaired) electrons. The van der Waals surface area contributed by atoms with Gasteiger partial charge < -0.3 is 15.8 Å². The number of anilines is 1. The first-order valence-electron chi connectivity index (χ1n) is 7.38. The highest BCUT2D eigenvalue weighted by molar-refractivity contribution is 14.0. The van der Waals surface area contributed by atoms with Gasteiger partial charge in [-0.25, -0.2) is 0 Å². The van der Waals surface area contributed by atoms with E-state index in [9.17, 15) is 0 Å². The van der Waals surface area contributed by atoms with E-state index in [2.05, 4.69) is 24.2 Å². The Morgan fingerprint density at radius 3 is 2.42 bits per heavy atom. The maximum absolute atomic E-state index is 6.00. The molecule has 130 valence electrons. The summed E-state index contributed by atoms with van der Waals surface area (Å²) in [5.74, 6) is 1.08. The summed E-state index contributed by atoms with van der Waals surface area (Å²) in [4.78, 5) is 4.46. The largest absolute Gasteiger partial charge is 0.495 e. The predicted molar refractivity (Wildman–Crippen MR) is 113 cm³/mol. The van der Waals surface area contributed by atoms with Gasteiger partial charge in [-0.15, -0.1) is 24.0 Å². The number of rotatable bonds is 5. The van der Waals surface area contributed by atoms with Crippen molar-refractivity contribution in [2.24, 2.45) is 10.7 Å². The molecule has 4 nitrogen and oxygen atoms in total. The standard InChI is InChI=1S/C18H22ClN3O.HI/c1-18(2,13-8-10-14(19)11-9-13)12-21-17(20)22-15-6-4-5-7-16(15)23-3;/h4-11H,12H2,1-3H3,(H3,20,21,22);1H. The smallest absolute Gasteiger partial charge is 0.193 e. The van der Waals surface area contributed by atoms with Crippen LogP contribution in [0.15, 0.2) is 53.5 Å². The highest BCUT2D eigenvalue weighted by Gasteiger charge is 2.20. The van der Waals surface area contributed by atoms with Crippen molar-refractivity contribution in [2.45, 2.75) is 19.3 Å². The molecule has 0 saturated heterocycles. The van der Waals surface area contributed by atoms with Gasteiger partial charge in [0.25, 0.3) is 0 Å². The van der Waals surface area contributed by atoms with Gasteiger partial charge in [0.1, 0.15) is 5.75 Å². The number of guanidine groups is 1. The minimum Gasteiger partial charge on any atom is -0.495 e. The van der Waals surface area contributed by atoms with Crippen LogP contribution in [0.5, 0.6) is 5.75 Å². The summed E-state index contributed by atoms with van der Waals surface area (Å²) in [7, 11) is 1.62. The Labute approximate surface area is 165 Å². The van der Waals surface area contributed by atoms with Crippen molar-refractivity contribution in [3.8, 4) is 5.75 Å². The number of nitrogens with two attached hydrogens (primary N) is 1. The van der Waals surface area contributed by atoms with Crippen molar-refractivity contribution in [2.75, 3.05) is 19.0 Å². The molecule has 2 aromatic carbocycles. The van der Waals surface area contributed by atoms with Crippen LogP contribution in [0.4, 0.5) is 5.69 Å². The maximum atomic E-state index is 6.00. The average molecular weight is 460 g/mol. The van der Waals surface area contributed by atoms with Crippen LogP contribution in [-0.2, 0) is 5.41 Å². The molecule has 0 unspecified atom stereocenters. The van der Waals surface area contributed by atoms with E-state index in [4.69, 9.17) is 22.1 Å². The third-order valence-electron chi connectivity index (χ3n) is 3.64. The fraction of sp³-hybridized carbons (Fsp3) is 0.278. The molecule has 2 aromatic rings. The number of hydrogen-bond donors (Lipinski definition) is 2. The third-order valence-corrected chi connectivity index (χ3v) is 3.89. The van der Waals surface area contributed by atoms with Crippen LogP contribution in [0.25, 0.3) is 0 Å². The van der Waals surface area contributed by atoms with Crippen LogP contribution in [-0.4, -0.2) is 19.6 Å². The number of nitrogens with one attached hydrogen (secondary N) is 1. The molecule has 0 heterocycles. The predicted octanol–water partition coefficient (Wildman–Crippen LogP) is 4.67. The lowest BCUT2D eigenvalue weighted by molar-refractivity contribution is 0.417. The van der Waals surface area contributed by atoms with Gasteiger partial charge in [0, 0.05) is 10.4 Å². The van der Waals surface area contributed by atoms with E-state index in [1.807, 2.05) is 48.5 Å². The molecule has 0 spiro atoms. The summed E-state index contributed by atoms with van der Waals surface area (Å²) in [6.07, 6.45) is 0. The Bertz CT molecular complexity index is 687. The van der Waals surface area contributed by atoms with E-state index >= 15 is 0 Å². The second kappa shape index (κ2) is 9.13. The van der Waals surface area contributed by atoms with Crippen molar-refractivity contribution in [3.63, 3.8) is 0 Å². The number of aliphatic imine (C=N–C) groups is 1. The number of ether oxygens (including phenoxy) is 1. The number of para-hydroxylation sites is 2. The Balaban J connectivity index is 0.00000288. The molecule has 0 fully saturated rings. The molecule has 0 aliphatic rings. The van der Waals surface area contributed by atoms with Crippen molar-refractivity contribution < 1.29 is 4.74 Å². The van der Waals surface area contributed by atoms with Gasteiger partial charge >= 0.3 is 0 Å². The molecule has 0 atom stereocenters. The lowest BCUT2D eigenvalue weighted by atomic mass is 9.85. The molecular weight excluding hydrogens is 437 g/mol. The maximum Gasteiger partial charge on any atom is 0.193 e. The van der Waals surface area contributed by atoms with E-state index in [0.717, 1.165) is 22.0 Å². The molecule has 0 aliphatic heterocycles. The zero-order chi connectivity index (χ0) is 16.9. The number of methoxy groups -OCH3 is 1. The van der Waals surface area contributed by atoms with Crippen LogP contribution < -0.4 is 15.8 Å². The number of hydrogen-bond acceptors (Lipinski definition) is 2. The minimum atomic E-state index is -0.141. The van der Waals surface area contributed by atoms with Gasteiger partial charge in [-0.05, 0) is 29.8 Å². The van der Waals surface area contributed by atoms with E-state index in [-0.39, 0.29) is 29.4 Å². The first kappa shape index (κ1) is 20.6. The molecular formula is C18H23ClIN3O. The minimum absolute atomic E-state index is 0. The summed E-state index contributed by atoms with van der Waals surface area (Å²) in [6, 6.07) is 15.4. The Hall–Kier alpha value is -1.47. The van der Waals surface area contributed by atoms with Gasteiger partial charge in [0.2, 0.25) is 0 Å². The molecule has 24 heavy (non-hydrogen) atoms. The normalized spacial score (nSPS) is 11.6. The van der Waals surface area contributed by atoms with Crippen LogP contribution in [0.2, 0.25) is 5.02 Å². The lowest BCUT2D eigenvalue weighted by Crippen LogP contribution is -2.27. The monoisotopic (exact) mass is 459 g/mol. The summed E-state index contributed by atoms with van der Waals surface area (Å²) < 4.78 is 5.29. The third kappa shape index (κ3) is 5.56. The van der Waals surface area contributed by atoms with Gasteiger partial charge in [-0.1, -0.05) is 49.7 Å². The van der Waals surface area contributed by atoms with Gasteiger partial charge in [-0.2, -0.15) is 0 Å². The molecule has 0 amide bonds. The Morgan fingerprint density at radius 2 is 1.79 bits per heavy atom. The van der Waals surface area contributed by atoms with E-state index in [1.165, 1.54) is 0 Å². The first-order valence-corrected chi connectivity index (χ1v) is 7.76. The van der Waals surface area contributed by atoms with Crippen LogP contribution in [0, 0.1) is 0 Å². The highest BCUT2D eigenvalue weighted by Crippen LogP contribution is 2.25. The Kier molecular flexibility index (Phi) is 7.83.